The summed E-state index contributed by atoms with van der Waals surface area (Å²) < 4.78 is 23.7. The minimum atomic E-state index is -3.19. The normalized spacial score (nSPS) is 19.4. The van der Waals surface area contributed by atoms with Gasteiger partial charge in [0.1, 0.15) is 0 Å². The predicted molar refractivity (Wildman–Crippen MR) is 61.1 cm³/mol. The summed E-state index contributed by atoms with van der Waals surface area (Å²) in [6.07, 6.45) is -0.217. The number of nitrogens with one attached hydrogen (secondary N) is 1. The first-order valence-corrected chi connectivity index (χ1v) is 6.88. The Hall–Kier alpha value is -0.910. The number of hydrogen-bond donors (Lipinski definition) is 2. The van der Waals surface area contributed by atoms with E-state index in [-0.39, 0.29) is 5.75 Å². The predicted octanol–water partition coefficient (Wildman–Crippen LogP) is 0.269. The number of rotatable bonds is 3. The molecule has 88 valence electrons. The van der Waals surface area contributed by atoms with Crippen LogP contribution in [0.15, 0.2) is 23.1 Å². The third-order valence-electron chi connectivity index (χ3n) is 2.83. The van der Waals surface area contributed by atoms with E-state index in [1.54, 1.807) is 19.2 Å². The number of aliphatic hydroxyl groups excluding tert-OH is 1. The van der Waals surface area contributed by atoms with Crippen molar-refractivity contribution in [3.05, 3.63) is 29.3 Å². The second-order valence-corrected chi connectivity index (χ2v) is 6.02. The smallest absolute Gasteiger partial charge is 0.179 e. The average Bonchev–Trinajstić information content (AvgIpc) is 2.56. The van der Waals surface area contributed by atoms with E-state index in [0.29, 0.717) is 23.4 Å². The largest absolute Gasteiger partial charge is 0.387 e. The first-order valence-electron chi connectivity index (χ1n) is 5.23. The first-order chi connectivity index (χ1) is 7.56. The molecule has 0 saturated heterocycles. The molecule has 0 aliphatic carbocycles. The van der Waals surface area contributed by atoms with Gasteiger partial charge in [0.25, 0.3) is 0 Å². The molecule has 0 bridgehead atoms. The van der Waals surface area contributed by atoms with Gasteiger partial charge in [0.15, 0.2) is 9.84 Å². The molecule has 1 aliphatic heterocycles. The van der Waals surface area contributed by atoms with Crippen molar-refractivity contribution in [1.82, 2.24) is 5.32 Å². The van der Waals surface area contributed by atoms with Crippen LogP contribution in [0.5, 0.6) is 0 Å². The Morgan fingerprint density at radius 3 is 2.94 bits per heavy atom. The molecule has 0 aromatic heterocycles. The van der Waals surface area contributed by atoms with Gasteiger partial charge in [-0.05, 0) is 19.0 Å². The van der Waals surface area contributed by atoms with Gasteiger partial charge in [-0.15, -0.1) is 0 Å². The van der Waals surface area contributed by atoms with E-state index in [0.717, 1.165) is 5.56 Å². The zero-order valence-corrected chi connectivity index (χ0v) is 9.92. The molecule has 0 saturated carbocycles. The van der Waals surface area contributed by atoms with Gasteiger partial charge in [0.2, 0.25) is 0 Å². The van der Waals surface area contributed by atoms with E-state index in [2.05, 4.69) is 5.32 Å². The van der Waals surface area contributed by atoms with Crippen molar-refractivity contribution < 1.29 is 13.5 Å². The van der Waals surface area contributed by atoms with Gasteiger partial charge in [-0.25, -0.2) is 8.42 Å². The summed E-state index contributed by atoms with van der Waals surface area (Å²) in [4.78, 5) is 0.345. The average molecular weight is 241 g/mol. The summed E-state index contributed by atoms with van der Waals surface area (Å²) in [5.41, 5.74) is 1.34. The minimum Gasteiger partial charge on any atom is -0.387 e. The fourth-order valence-corrected chi connectivity index (χ4v) is 3.92. The minimum absolute atomic E-state index is 0.158. The number of aryl methyl sites for hydroxylation is 1. The molecule has 1 atom stereocenters. The van der Waals surface area contributed by atoms with Crippen LogP contribution < -0.4 is 5.32 Å². The van der Waals surface area contributed by atoms with Crippen LogP contribution in [0.25, 0.3) is 0 Å². The van der Waals surface area contributed by atoms with Crippen molar-refractivity contribution in [2.24, 2.45) is 0 Å². The van der Waals surface area contributed by atoms with Crippen LogP contribution in [-0.2, 0) is 16.3 Å². The standard InChI is InChI=1S/C11H15NO3S/c1-12-7-10(13)9-4-2-3-8-5-6-16(14,15)11(8)9/h2-4,10,12-13H,5-7H2,1H3. The third-order valence-corrected chi connectivity index (χ3v) is 4.70. The summed E-state index contributed by atoms with van der Waals surface area (Å²) in [5.74, 6) is 0.158. The van der Waals surface area contributed by atoms with Crippen molar-refractivity contribution in [2.75, 3.05) is 19.3 Å². The zero-order valence-electron chi connectivity index (χ0n) is 9.10. The fraction of sp³-hybridized carbons (Fsp3) is 0.455. The highest BCUT2D eigenvalue weighted by Gasteiger charge is 2.30. The summed E-state index contributed by atoms with van der Waals surface area (Å²) in [5, 5.41) is 12.7. The van der Waals surface area contributed by atoms with Gasteiger partial charge in [-0.2, -0.15) is 0 Å². The van der Waals surface area contributed by atoms with Gasteiger partial charge in [-0.1, -0.05) is 18.2 Å². The fourth-order valence-electron chi connectivity index (χ4n) is 2.09. The van der Waals surface area contributed by atoms with Crippen molar-refractivity contribution >= 4 is 9.84 Å². The highest BCUT2D eigenvalue weighted by Crippen LogP contribution is 2.32. The quantitative estimate of drug-likeness (QED) is 0.797. The number of hydrogen-bond acceptors (Lipinski definition) is 4. The molecule has 2 rings (SSSR count). The summed E-state index contributed by atoms with van der Waals surface area (Å²) in [6, 6.07) is 5.30. The van der Waals surface area contributed by atoms with E-state index in [9.17, 15) is 13.5 Å². The van der Waals surface area contributed by atoms with Crippen molar-refractivity contribution in [1.29, 1.82) is 0 Å². The number of aliphatic hydroxyl groups is 1. The summed E-state index contributed by atoms with van der Waals surface area (Å²) >= 11 is 0. The second-order valence-electron chi connectivity index (χ2n) is 3.98. The van der Waals surface area contributed by atoms with Crippen LogP contribution in [0.4, 0.5) is 0 Å². The molecule has 1 aromatic carbocycles. The summed E-state index contributed by atoms with van der Waals surface area (Å²) in [6.45, 7) is 0.353. The molecular formula is C11H15NO3S. The number of benzene rings is 1. The molecule has 0 amide bonds. The second kappa shape index (κ2) is 4.16. The van der Waals surface area contributed by atoms with Gasteiger partial charge in [0, 0.05) is 12.1 Å². The molecule has 2 N–H and O–H groups in total. The van der Waals surface area contributed by atoms with Gasteiger partial charge >= 0.3 is 0 Å². The highest BCUT2D eigenvalue weighted by molar-refractivity contribution is 7.91. The SMILES string of the molecule is CNCC(O)c1cccc2c1S(=O)(=O)CC2. The molecule has 0 fully saturated rings. The van der Waals surface area contributed by atoms with Gasteiger partial charge in [0.05, 0.1) is 16.8 Å². The van der Waals surface area contributed by atoms with Crippen LogP contribution in [0.1, 0.15) is 17.2 Å². The zero-order chi connectivity index (χ0) is 11.8. The van der Waals surface area contributed by atoms with Crippen LogP contribution in [0.2, 0.25) is 0 Å². The van der Waals surface area contributed by atoms with Gasteiger partial charge < -0.3 is 10.4 Å². The van der Waals surface area contributed by atoms with E-state index >= 15 is 0 Å². The third kappa shape index (κ3) is 1.86. The van der Waals surface area contributed by atoms with Crippen molar-refractivity contribution in [2.45, 2.75) is 17.4 Å². The van der Waals surface area contributed by atoms with E-state index in [1.165, 1.54) is 0 Å². The Morgan fingerprint density at radius 2 is 2.25 bits per heavy atom. The molecule has 1 aromatic rings. The van der Waals surface area contributed by atoms with Crippen LogP contribution in [0, 0.1) is 0 Å². The molecule has 0 radical (unpaired) electrons. The lowest BCUT2D eigenvalue weighted by molar-refractivity contribution is 0.174. The Labute approximate surface area is 95.2 Å². The molecular weight excluding hydrogens is 226 g/mol. The maximum Gasteiger partial charge on any atom is 0.179 e. The molecule has 16 heavy (non-hydrogen) atoms. The molecule has 0 spiro atoms. The van der Waals surface area contributed by atoms with E-state index in [1.807, 2.05) is 6.07 Å². The monoisotopic (exact) mass is 241 g/mol. The molecule has 1 aliphatic rings. The topological polar surface area (TPSA) is 66.4 Å². The Morgan fingerprint density at radius 1 is 1.50 bits per heavy atom. The lowest BCUT2D eigenvalue weighted by Crippen LogP contribution is -2.18. The lowest BCUT2D eigenvalue weighted by atomic mass is 10.0. The summed E-state index contributed by atoms with van der Waals surface area (Å²) in [7, 11) is -1.46. The molecule has 5 heteroatoms. The van der Waals surface area contributed by atoms with Crippen LogP contribution >= 0.6 is 0 Å². The Bertz CT molecular complexity index is 496. The van der Waals surface area contributed by atoms with E-state index < -0.39 is 15.9 Å². The maximum atomic E-state index is 11.9. The maximum absolute atomic E-state index is 11.9. The number of likely N-dealkylation sites (N-methyl/N-ethyl adjacent to an activating group) is 1. The lowest BCUT2D eigenvalue weighted by Gasteiger charge is -2.14. The van der Waals surface area contributed by atoms with Crippen LogP contribution in [-0.4, -0.2) is 32.9 Å². The molecule has 1 heterocycles. The number of sulfone groups is 1. The van der Waals surface area contributed by atoms with Crippen molar-refractivity contribution in [3.8, 4) is 0 Å². The molecule has 4 nitrogen and oxygen atoms in total. The van der Waals surface area contributed by atoms with E-state index in [4.69, 9.17) is 0 Å². The number of fused-ring (bicyclic) bond motifs is 1. The Balaban J connectivity index is 2.53. The van der Waals surface area contributed by atoms with Crippen LogP contribution in [0.3, 0.4) is 0 Å². The first kappa shape index (κ1) is 11.6. The molecule has 1 unspecified atom stereocenters. The van der Waals surface area contributed by atoms with Gasteiger partial charge in [-0.3, -0.25) is 0 Å². The van der Waals surface area contributed by atoms with Crippen molar-refractivity contribution in [3.63, 3.8) is 0 Å². The highest BCUT2D eigenvalue weighted by atomic mass is 32.2. The Kier molecular flexibility index (Phi) is 3.01.